The van der Waals surface area contributed by atoms with Crippen molar-refractivity contribution in [1.82, 2.24) is 14.1 Å². The van der Waals surface area contributed by atoms with Crippen molar-refractivity contribution in [2.45, 2.75) is 44.9 Å². The number of hydrogen-bond donors (Lipinski definition) is 1. The Hall–Kier alpha value is -2.97. The molecule has 3 aromatic rings. The van der Waals surface area contributed by atoms with Gasteiger partial charge in [0.25, 0.3) is 0 Å². The van der Waals surface area contributed by atoms with Crippen LogP contribution in [-0.4, -0.2) is 41.5 Å². The van der Waals surface area contributed by atoms with Crippen LogP contribution in [0.25, 0.3) is 5.69 Å². The summed E-state index contributed by atoms with van der Waals surface area (Å²) in [6.07, 6.45) is 1.82. The molecule has 1 saturated heterocycles. The van der Waals surface area contributed by atoms with Gasteiger partial charge >= 0.3 is 0 Å². The number of amides is 1. The van der Waals surface area contributed by atoms with Crippen LogP contribution in [0.1, 0.15) is 36.7 Å². The maximum atomic E-state index is 13.5. The molecule has 2 heterocycles. The number of benzene rings is 2. The summed E-state index contributed by atoms with van der Waals surface area (Å²) in [5, 5.41) is 7.53. The molecule has 2 aromatic carbocycles. The third-order valence-corrected chi connectivity index (χ3v) is 8.46. The summed E-state index contributed by atoms with van der Waals surface area (Å²) in [4.78, 5) is 13.1. The van der Waals surface area contributed by atoms with E-state index in [0.29, 0.717) is 37.3 Å². The lowest BCUT2D eigenvalue weighted by Crippen LogP contribution is -2.41. The number of para-hydroxylation sites is 2. The number of rotatable bonds is 6. The minimum Gasteiger partial charge on any atom is -0.326 e. The number of hydrogen-bond acceptors (Lipinski definition) is 4. The molecule has 0 aliphatic carbocycles. The van der Waals surface area contributed by atoms with Crippen LogP contribution >= 0.6 is 0 Å². The number of aryl methyl sites for hydroxylation is 2. The van der Waals surface area contributed by atoms with E-state index in [1.807, 2.05) is 54.6 Å². The summed E-state index contributed by atoms with van der Waals surface area (Å²) >= 11 is 0. The average Bonchev–Trinajstić information content (AvgIpc) is 3.14. The molecule has 1 aliphatic heterocycles. The number of carbonyl (C=O) groups excluding carboxylic acids is 1. The second-order valence-corrected chi connectivity index (χ2v) is 10.3. The van der Waals surface area contributed by atoms with E-state index in [4.69, 9.17) is 0 Å². The molecule has 1 aromatic heterocycles. The predicted molar refractivity (Wildman–Crippen MR) is 129 cm³/mol. The van der Waals surface area contributed by atoms with Crippen molar-refractivity contribution in [2.75, 3.05) is 18.4 Å². The molecular formula is C25H30N4O3S. The van der Waals surface area contributed by atoms with Crippen molar-refractivity contribution in [1.29, 1.82) is 0 Å². The average molecular weight is 467 g/mol. The zero-order valence-electron chi connectivity index (χ0n) is 19.3. The van der Waals surface area contributed by atoms with Crippen LogP contribution in [0.5, 0.6) is 0 Å². The molecule has 7 nitrogen and oxygen atoms in total. The number of nitrogens with one attached hydrogen (secondary N) is 1. The molecule has 33 heavy (non-hydrogen) atoms. The quantitative estimate of drug-likeness (QED) is 0.593. The Morgan fingerprint density at radius 3 is 2.33 bits per heavy atom. The largest absolute Gasteiger partial charge is 0.326 e. The summed E-state index contributed by atoms with van der Waals surface area (Å²) in [7, 11) is -3.71. The smallest absolute Gasteiger partial charge is 0.246 e. The first-order valence-electron chi connectivity index (χ1n) is 11.3. The van der Waals surface area contributed by atoms with E-state index < -0.39 is 10.0 Å². The zero-order chi connectivity index (χ0) is 23.6. The molecule has 0 saturated carbocycles. The highest BCUT2D eigenvalue weighted by atomic mass is 32.2. The zero-order valence-corrected chi connectivity index (χ0v) is 20.1. The molecule has 0 radical (unpaired) electrons. The van der Waals surface area contributed by atoms with Crippen LogP contribution in [-0.2, 0) is 21.2 Å². The molecule has 4 rings (SSSR count). The molecule has 174 valence electrons. The van der Waals surface area contributed by atoms with E-state index in [1.54, 1.807) is 18.5 Å². The van der Waals surface area contributed by atoms with Crippen molar-refractivity contribution >= 4 is 21.6 Å². The summed E-state index contributed by atoms with van der Waals surface area (Å²) < 4.78 is 30.2. The SMILES string of the molecule is CCc1ccccc1NC(=O)C1CCN(S(=O)(=O)c2c(C)nn(-c3ccccc3)c2C)CC1. The Kier molecular flexibility index (Phi) is 6.67. The number of nitrogens with zero attached hydrogens (tertiary/aromatic N) is 3. The molecular weight excluding hydrogens is 436 g/mol. The Balaban J connectivity index is 1.48. The number of carbonyl (C=O) groups is 1. The summed E-state index contributed by atoms with van der Waals surface area (Å²) in [5.74, 6) is -0.257. The predicted octanol–water partition coefficient (Wildman–Crippen LogP) is 4.09. The molecule has 1 N–H and O–H groups in total. The van der Waals surface area contributed by atoms with Gasteiger partial charge in [-0.25, -0.2) is 13.1 Å². The van der Waals surface area contributed by atoms with Gasteiger partial charge in [0.05, 0.1) is 17.1 Å². The van der Waals surface area contributed by atoms with Gasteiger partial charge in [0.15, 0.2) is 0 Å². The topological polar surface area (TPSA) is 84.3 Å². The molecule has 1 aliphatic rings. The molecule has 1 amide bonds. The first-order valence-corrected chi connectivity index (χ1v) is 12.8. The number of anilines is 1. The van der Waals surface area contributed by atoms with Crippen molar-refractivity contribution in [3.63, 3.8) is 0 Å². The third-order valence-electron chi connectivity index (χ3n) is 6.30. The van der Waals surface area contributed by atoms with Gasteiger partial charge in [-0.3, -0.25) is 4.79 Å². The van der Waals surface area contributed by atoms with Crippen molar-refractivity contribution < 1.29 is 13.2 Å². The highest BCUT2D eigenvalue weighted by Crippen LogP contribution is 2.29. The fraction of sp³-hybridized carbons (Fsp3) is 0.360. The maximum absolute atomic E-state index is 13.5. The summed E-state index contributed by atoms with van der Waals surface area (Å²) in [6, 6.07) is 17.3. The minimum atomic E-state index is -3.71. The van der Waals surface area contributed by atoms with E-state index in [9.17, 15) is 13.2 Å². The molecule has 0 spiro atoms. The fourth-order valence-corrected chi connectivity index (χ4v) is 6.32. The van der Waals surface area contributed by atoms with Crippen LogP contribution < -0.4 is 5.32 Å². The lowest BCUT2D eigenvalue weighted by Gasteiger charge is -2.30. The van der Waals surface area contributed by atoms with Crippen LogP contribution in [0, 0.1) is 19.8 Å². The van der Waals surface area contributed by atoms with Crippen molar-refractivity contribution in [3.05, 3.63) is 71.5 Å². The second-order valence-electron chi connectivity index (χ2n) is 8.43. The highest BCUT2D eigenvalue weighted by Gasteiger charge is 2.35. The van der Waals surface area contributed by atoms with E-state index in [0.717, 1.165) is 23.4 Å². The highest BCUT2D eigenvalue weighted by molar-refractivity contribution is 7.89. The fourth-order valence-electron chi connectivity index (χ4n) is 4.50. The number of piperidine rings is 1. The van der Waals surface area contributed by atoms with Gasteiger partial charge in [-0.05, 0) is 56.9 Å². The van der Waals surface area contributed by atoms with Crippen LogP contribution in [0.2, 0.25) is 0 Å². The lowest BCUT2D eigenvalue weighted by molar-refractivity contribution is -0.120. The third kappa shape index (κ3) is 4.58. The summed E-state index contributed by atoms with van der Waals surface area (Å²) in [5.41, 5.74) is 3.82. The van der Waals surface area contributed by atoms with Crippen molar-refractivity contribution in [3.8, 4) is 5.69 Å². The maximum Gasteiger partial charge on any atom is 0.246 e. The Morgan fingerprint density at radius 2 is 1.67 bits per heavy atom. The van der Waals surface area contributed by atoms with E-state index in [2.05, 4.69) is 17.3 Å². The van der Waals surface area contributed by atoms with Gasteiger partial charge in [-0.2, -0.15) is 9.40 Å². The lowest BCUT2D eigenvalue weighted by atomic mass is 9.97. The molecule has 1 fully saturated rings. The van der Waals surface area contributed by atoms with Gasteiger partial charge < -0.3 is 5.32 Å². The Labute approximate surface area is 195 Å². The Bertz CT molecular complexity index is 1240. The second kappa shape index (κ2) is 9.49. The van der Waals surface area contributed by atoms with Gasteiger partial charge in [-0.1, -0.05) is 43.3 Å². The monoisotopic (exact) mass is 466 g/mol. The molecule has 8 heteroatoms. The van der Waals surface area contributed by atoms with Gasteiger partial charge in [0.2, 0.25) is 15.9 Å². The van der Waals surface area contributed by atoms with E-state index >= 15 is 0 Å². The summed E-state index contributed by atoms with van der Waals surface area (Å²) in [6.45, 7) is 6.19. The first-order chi connectivity index (χ1) is 15.8. The number of sulfonamides is 1. The minimum absolute atomic E-state index is 0.0443. The van der Waals surface area contributed by atoms with Gasteiger partial charge in [0, 0.05) is 24.7 Å². The Morgan fingerprint density at radius 1 is 1.03 bits per heavy atom. The molecule has 0 unspecified atom stereocenters. The first kappa shape index (κ1) is 23.2. The van der Waals surface area contributed by atoms with Crippen LogP contribution in [0.4, 0.5) is 5.69 Å². The molecule has 0 bridgehead atoms. The molecule has 0 atom stereocenters. The standard InChI is InChI=1S/C25H30N4O3S/c1-4-20-10-8-9-13-23(20)26-25(30)21-14-16-28(17-15-21)33(31,32)24-18(2)27-29(19(24)3)22-11-6-5-7-12-22/h5-13,21H,4,14-17H2,1-3H3,(H,26,30). The van der Waals surface area contributed by atoms with Gasteiger partial charge in [0.1, 0.15) is 4.90 Å². The van der Waals surface area contributed by atoms with E-state index in [1.165, 1.54) is 4.31 Å². The van der Waals surface area contributed by atoms with E-state index in [-0.39, 0.29) is 16.7 Å². The normalized spacial score (nSPS) is 15.5. The van der Waals surface area contributed by atoms with Crippen LogP contribution in [0.3, 0.4) is 0 Å². The number of aromatic nitrogens is 2. The van der Waals surface area contributed by atoms with Crippen molar-refractivity contribution in [2.24, 2.45) is 5.92 Å². The van der Waals surface area contributed by atoms with Crippen LogP contribution in [0.15, 0.2) is 59.5 Å². The van der Waals surface area contributed by atoms with Gasteiger partial charge in [-0.15, -0.1) is 0 Å².